The second kappa shape index (κ2) is 20.0. The Morgan fingerprint density at radius 1 is 0.717 bits per heavy atom. The zero-order valence-electron chi connectivity index (χ0n) is 27.5. The molecule has 0 radical (unpaired) electrons. The molecule has 5 amide bonds. The van der Waals surface area contributed by atoms with E-state index in [-0.39, 0.29) is 50.0 Å². The van der Waals surface area contributed by atoms with Gasteiger partial charge in [-0.05, 0) is 50.0 Å². The summed E-state index contributed by atoms with van der Waals surface area (Å²) in [4.78, 5) is 69.2. The zero-order chi connectivity index (χ0) is 35.0. The summed E-state index contributed by atoms with van der Waals surface area (Å²) in [6.07, 6.45) is -0.0454. The predicted molar refractivity (Wildman–Crippen MR) is 176 cm³/mol. The van der Waals surface area contributed by atoms with E-state index < -0.39 is 65.8 Å². The summed E-state index contributed by atoms with van der Waals surface area (Å²) >= 11 is 0. The highest BCUT2D eigenvalue weighted by Crippen LogP contribution is 2.11. The van der Waals surface area contributed by atoms with E-state index in [1.807, 2.05) is 33.8 Å². The minimum Gasteiger partial charge on any atom is -0.391 e. The number of nitrogens with zero attached hydrogens (tertiary/aromatic N) is 1. The van der Waals surface area contributed by atoms with Crippen LogP contribution >= 0.6 is 0 Å². The van der Waals surface area contributed by atoms with Crippen molar-refractivity contribution in [1.82, 2.24) is 21.3 Å². The van der Waals surface area contributed by atoms with Gasteiger partial charge < -0.3 is 49.3 Å². The minimum atomic E-state index is -1.27. The second-order valence-corrected chi connectivity index (χ2v) is 12.3. The van der Waals surface area contributed by atoms with E-state index in [9.17, 15) is 29.1 Å². The fraction of sp³-hybridized carbons (Fsp3) is 0.613. The maximum Gasteiger partial charge on any atom is 0.243 e. The van der Waals surface area contributed by atoms with E-state index in [4.69, 9.17) is 22.9 Å². The van der Waals surface area contributed by atoms with Crippen molar-refractivity contribution in [2.45, 2.75) is 103 Å². The molecule has 0 fully saturated rings. The van der Waals surface area contributed by atoms with Crippen LogP contribution in [0.5, 0.6) is 0 Å². The Labute approximate surface area is 271 Å². The van der Waals surface area contributed by atoms with Crippen LogP contribution in [0.1, 0.15) is 65.9 Å². The molecule has 15 heteroatoms. The highest BCUT2D eigenvalue weighted by molar-refractivity contribution is 5.96. The van der Waals surface area contributed by atoms with Crippen molar-refractivity contribution in [2.75, 3.05) is 6.54 Å². The van der Waals surface area contributed by atoms with Crippen molar-refractivity contribution in [3.05, 3.63) is 35.9 Å². The number of primary amides is 1. The van der Waals surface area contributed by atoms with Gasteiger partial charge in [0.2, 0.25) is 29.5 Å². The van der Waals surface area contributed by atoms with Gasteiger partial charge in [0.05, 0.1) is 6.10 Å². The number of aliphatic hydroxyl groups is 1. The molecule has 6 atom stereocenters. The smallest absolute Gasteiger partial charge is 0.243 e. The Kier molecular flexibility index (Phi) is 17.3. The molecule has 1 aromatic carbocycles. The normalized spacial score (nSPS) is 15.1. The molecule has 0 bridgehead atoms. The molecule has 0 aliphatic rings. The highest BCUT2D eigenvalue weighted by Gasteiger charge is 2.32. The fourth-order valence-electron chi connectivity index (χ4n) is 4.56. The Morgan fingerprint density at radius 2 is 1.17 bits per heavy atom. The SMILES string of the molecule is CC(C)C[C@H](NC(=O)[C@H](Cc1ccccc1)NC(=O)[C@H](N)[C@@H](C)O)C(=O)N[C@@H](CC(C)C)C(=O)N[C@H](CCCN=C(N)N)C(N)=O. The third-order valence-corrected chi connectivity index (χ3v) is 7.02. The van der Waals surface area contributed by atoms with Gasteiger partial charge in [0.25, 0.3) is 0 Å². The van der Waals surface area contributed by atoms with Gasteiger partial charge in [0.1, 0.15) is 30.2 Å². The lowest BCUT2D eigenvalue weighted by Crippen LogP contribution is -2.60. The molecule has 0 saturated heterocycles. The van der Waals surface area contributed by atoms with E-state index in [0.717, 1.165) is 5.56 Å². The summed E-state index contributed by atoms with van der Waals surface area (Å²) in [5.41, 5.74) is 22.7. The van der Waals surface area contributed by atoms with Crippen LogP contribution in [0.3, 0.4) is 0 Å². The molecule has 0 saturated carbocycles. The summed E-state index contributed by atoms with van der Waals surface area (Å²) in [7, 11) is 0. The first-order valence-electron chi connectivity index (χ1n) is 15.5. The second-order valence-electron chi connectivity index (χ2n) is 12.3. The number of carbonyl (C=O) groups is 5. The first-order chi connectivity index (χ1) is 21.5. The number of amides is 5. The van der Waals surface area contributed by atoms with Crippen molar-refractivity contribution in [3.8, 4) is 0 Å². The number of nitrogens with two attached hydrogens (primary N) is 4. The first-order valence-corrected chi connectivity index (χ1v) is 15.5. The Hall–Kier alpha value is -4.24. The van der Waals surface area contributed by atoms with Gasteiger partial charge in [-0.1, -0.05) is 58.0 Å². The lowest BCUT2D eigenvalue weighted by atomic mass is 9.98. The van der Waals surface area contributed by atoms with Crippen LogP contribution in [0.15, 0.2) is 35.3 Å². The molecule has 1 rings (SSSR count). The summed E-state index contributed by atoms with van der Waals surface area (Å²) in [6, 6.07) is 3.44. The van der Waals surface area contributed by atoms with Gasteiger partial charge in [-0.25, -0.2) is 0 Å². The first kappa shape index (κ1) is 39.8. The van der Waals surface area contributed by atoms with Gasteiger partial charge in [0.15, 0.2) is 5.96 Å². The zero-order valence-corrected chi connectivity index (χ0v) is 27.5. The maximum atomic E-state index is 13.6. The lowest BCUT2D eigenvalue weighted by Gasteiger charge is -2.28. The van der Waals surface area contributed by atoms with Crippen LogP contribution in [0.25, 0.3) is 0 Å². The van der Waals surface area contributed by atoms with E-state index in [1.165, 1.54) is 6.92 Å². The van der Waals surface area contributed by atoms with Crippen molar-refractivity contribution >= 4 is 35.5 Å². The van der Waals surface area contributed by atoms with Gasteiger partial charge in [0, 0.05) is 13.0 Å². The Morgan fingerprint density at radius 3 is 1.61 bits per heavy atom. The van der Waals surface area contributed by atoms with Crippen LogP contribution < -0.4 is 44.2 Å². The number of carbonyl (C=O) groups excluding carboxylic acids is 5. The van der Waals surface area contributed by atoms with Gasteiger partial charge in [-0.3, -0.25) is 29.0 Å². The number of aliphatic imine (C=N–C) groups is 1. The highest BCUT2D eigenvalue weighted by atomic mass is 16.3. The quantitative estimate of drug-likeness (QED) is 0.0452. The number of hydrogen-bond donors (Lipinski definition) is 9. The molecular formula is C31H53N9O6. The standard InChI is InChI=1S/C31H53N9O6/c1-17(2)14-22(27(43)37-21(26(33)42)12-9-13-36-31(34)35)38-28(44)23(15-18(3)4)39-29(45)24(16-20-10-7-6-8-11-20)40-30(46)25(32)19(5)41/h6-8,10-11,17-19,21-25,41H,9,12-16,32H2,1-5H3,(H2,33,42)(H,37,43)(H,38,44)(H,39,45)(H,40,46)(H4,34,35,36)/t19-,21-,22+,23+,24+,25-/m1/s1. The van der Waals surface area contributed by atoms with Crippen LogP contribution in [0.4, 0.5) is 0 Å². The molecular weight excluding hydrogens is 594 g/mol. The van der Waals surface area contributed by atoms with Crippen LogP contribution in [0.2, 0.25) is 0 Å². The van der Waals surface area contributed by atoms with E-state index in [1.54, 1.807) is 24.3 Å². The lowest BCUT2D eigenvalue weighted by molar-refractivity contribution is -0.135. The van der Waals surface area contributed by atoms with E-state index >= 15 is 0 Å². The van der Waals surface area contributed by atoms with Gasteiger partial charge >= 0.3 is 0 Å². The van der Waals surface area contributed by atoms with Crippen LogP contribution in [-0.2, 0) is 30.4 Å². The van der Waals surface area contributed by atoms with E-state index in [2.05, 4.69) is 26.3 Å². The third-order valence-electron chi connectivity index (χ3n) is 7.02. The van der Waals surface area contributed by atoms with Gasteiger partial charge in [-0.2, -0.15) is 0 Å². The number of aliphatic hydroxyl groups excluding tert-OH is 1. The largest absolute Gasteiger partial charge is 0.391 e. The molecule has 0 spiro atoms. The van der Waals surface area contributed by atoms with E-state index in [0.29, 0.717) is 6.42 Å². The Bertz CT molecular complexity index is 1170. The molecule has 0 heterocycles. The van der Waals surface area contributed by atoms with Crippen LogP contribution in [0, 0.1) is 11.8 Å². The average molecular weight is 648 g/mol. The monoisotopic (exact) mass is 647 g/mol. The molecule has 0 unspecified atom stereocenters. The van der Waals surface area contributed by atoms with Crippen molar-refractivity contribution in [3.63, 3.8) is 0 Å². The average Bonchev–Trinajstić information content (AvgIpc) is 2.96. The van der Waals surface area contributed by atoms with Crippen molar-refractivity contribution in [2.24, 2.45) is 39.8 Å². The number of nitrogens with one attached hydrogen (secondary N) is 4. The molecule has 258 valence electrons. The molecule has 0 aliphatic carbocycles. The summed E-state index contributed by atoms with van der Waals surface area (Å²) in [5, 5.41) is 20.5. The molecule has 1 aromatic rings. The topological polar surface area (TPSA) is 270 Å². The molecule has 46 heavy (non-hydrogen) atoms. The summed E-state index contributed by atoms with van der Waals surface area (Å²) in [5.74, 6) is -3.50. The van der Waals surface area contributed by atoms with Crippen LogP contribution in [-0.4, -0.2) is 83.5 Å². The van der Waals surface area contributed by atoms with Crippen molar-refractivity contribution < 1.29 is 29.1 Å². The Balaban J connectivity index is 3.18. The number of rotatable bonds is 20. The summed E-state index contributed by atoms with van der Waals surface area (Å²) < 4.78 is 0. The van der Waals surface area contributed by atoms with Gasteiger partial charge in [-0.15, -0.1) is 0 Å². The maximum absolute atomic E-state index is 13.6. The molecule has 13 N–H and O–H groups in total. The predicted octanol–water partition coefficient (Wildman–Crippen LogP) is -1.49. The number of benzene rings is 1. The minimum absolute atomic E-state index is 0.0216. The fourth-order valence-corrected chi connectivity index (χ4v) is 4.56. The number of hydrogen-bond acceptors (Lipinski definition) is 8. The molecule has 15 nitrogen and oxygen atoms in total. The summed E-state index contributed by atoms with van der Waals surface area (Å²) in [6.45, 7) is 9.08. The molecule has 0 aromatic heterocycles. The third kappa shape index (κ3) is 15.2. The number of guanidine groups is 1. The molecule has 0 aliphatic heterocycles. The van der Waals surface area contributed by atoms with Crippen molar-refractivity contribution in [1.29, 1.82) is 0 Å².